The molecule has 0 aromatic carbocycles. The summed E-state index contributed by atoms with van der Waals surface area (Å²) in [6.45, 7) is 6.39. The van der Waals surface area contributed by atoms with E-state index in [1.807, 2.05) is 19.0 Å². The Balaban J connectivity index is 1.84. The van der Waals surface area contributed by atoms with Crippen LogP contribution >= 0.6 is 11.3 Å². The van der Waals surface area contributed by atoms with E-state index in [1.54, 1.807) is 11.3 Å². The Morgan fingerprint density at radius 3 is 2.80 bits per heavy atom. The van der Waals surface area contributed by atoms with Crippen molar-refractivity contribution in [1.29, 1.82) is 0 Å². The van der Waals surface area contributed by atoms with Gasteiger partial charge in [-0.1, -0.05) is 6.42 Å². The summed E-state index contributed by atoms with van der Waals surface area (Å²) >= 11 is 1.73. The van der Waals surface area contributed by atoms with Gasteiger partial charge in [0, 0.05) is 30.6 Å². The van der Waals surface area contributed by atoms with Crippen LogP contribution in [-0.4, -0.2) is 74.1 Å². The number of amides is 2. The van der Waals surface area contributed by atoms with Crippen LogP contribution in [0.2, 0.25) is 0 Å². The number of carbonyl (C=O) groups is 1. The van der Waals surface area contributed by atoms with Crippen molar-refractivity contribution in [3.05, 3.63) is 21.9 Å². The predicted octanol–water partition coefficient (Wildman–Crippen LogP) is 3.00. The Labute approximate surface area is 157 Å². The molecule has 1 unspecified atom stereocenters. The third-order valence-electron chi connectivity index (χ3n) is 5.08. The second-order valence-electron chi connectivity index (χ2n) is 7.40. The number of hydrogen-bond donors (Lipinski definition) is 1. The third-order valence-corrected chi connectivity index (χ3v) is 6.09. The van der Waals surface area contributed by atoms with E-state index in [0.717, 1.165) is 26.1 Å². The number of thiophene rings is 1. The van der Waals surface area contributed by atoms with E-state index < -0.39 is 0 Å². The molecule has 0 saturated carbocycles. The highest BCUT2D eigenvalue weighted by molar-refractivity contribution is 7.10. The largest absolute Gasteiger partial charge is 0.338 e. The maximum atomic E-state index is 12.7. The summed E-state index contributed by atoms with van der Waals surface area (Å²) in [6, 6.07) is 2.80. The van der Waals surface area contributed by atoms with Crippen molar-refractivity contribution >= 4 is 17.4 Å². The highest BCUT2D eigenvalue weighted by atomic mass is 32.1. The topological polar surface area (TPSA) is 38.8 Å². The number of rotatable bonds is 8. The Bertz CT molecular complexity index is 531. The summed E-state index contributed by atoms with van der Waals surface area (Å²) in [6.07, 6.45) is 4.92. The molecule has 1 N–H and O–H groups in total. The first-order chi connectivity index (χ1) is 12.0. The molecule has 5 nitrogen and oxygen atoms in total. The average Bonchev–Trinajstić information content (AvgIpc) is 2.97. The minimum atomic E-state index is 0.0631. The zero-order valence-corrected chi connectivity index (χ0v) is 17.1. The standard InChI is InChI=1S/C19H34N4OS/c1-16-9-14-25-18(16)15-23(13-12-21(2)3)19(24)20-10-8-17-7-5-6-11-22(17)4/h9,14,17H,5-8,10-13,15H2,1-4H3,(H,20,24). The van der Waals surface area contributed by atoms with E-state index >= 15 is 0 Å². The molecule has 2 amide bonds. The monoisotopic (exact) mass is 366 g/mol. The van der Waals surface area contributed by atoms with Crippen LogP contribution in [-0.2, 0) is 6.54 Å². The van der Waals surface area contributed by atoms with Gasteiger partial charge in [0.1, 0.15) is 0 Å². The number of carbonyl (C=O) groups excluding carboxylic acids is 1. The van der Waals surface area contributed by atoms with Crippen LogP contribution in [0.3, 0.4) is 0 Å². The maximum absolute atomic E-state index is 12.7. The van der Waals surface area contributed by atoms with Crippen molar-refractivity contribution in [3.8, 4) is 0 Å². The van der Waals surface area contributed by atoms with Gasteiger partial charge in [-0.3, -0.25) is 0 Å². The summed E-state index contributed by atoms with van der Waals surface area (Å²) in [5, 5.41) is 5.26. The van der Waals surface area contributed by atoms with Gasteiger partial charge in [-0.2, -0.15) is 0 Å². The number of urea groups is 1. The number of likely N-dealkylation sites (N-methyl/N-ethyl adjacent to an activating group) is 1. The number of hydrogen-bond acceptors (Lipinski definition) is 4. The van der Waals surface area contributed by atoms with Crippen LogP contribution in [0.15, 0.2) is 11.4 Å². The van der Waals surface area contributed by atoms with E-state index in [1.165, 1.54) is 36.2 Å². The maximum Gasteiger partial charge on any atom is 0.317 e. The van der Waals surface area contributed by atoms with Crippen LogP contribution in [0.1, 0.15) is 36.1 Å². The van der Waals surface area contributed by atoms with Gasteiger partial charge in [0.2, 0.25) is 0 Å². The van der Waals surface area contributed by atoms with Crippen molar-refractivity contribution < 1.29 is 4.79 Å². The number of nitrogens with one attached hydrogen (secondary N) is 1. The molecule has 1 aromatic rings. The predicted molar refractivity (Wildman–Crippen MR) is 106 cm³/mol. The minimum Gasteiger partial charge on any atom is -0.338 e. The Kier molecular flexibility index (Phi) is 8.19. The molecule has 0 bridgehead atoms. The van der Waals surface area contributed by atoms with Crippen molar-refractivity contribution in [3.63, 3.8) is 0 Å². The molecule has 1 fully saturated rings. The van der Waals surface area contributed by atoms with Crippen LogP contribution in [0.5, 0.6) is 0 Å². The SMILES string of the molecule is Cc1ccsc1CN(CCN(C)C)C(=O)NCCC1CCCCN1C. The molecule has 2 rings (SSSR count). The molecule has 6 heteroatoms. The summed E-state index contributed by atoms with van der Waals surface area (Å²) in [4.78, 5) is 20.5. The fraction of sp³-hybridized carbons (Fsp3) is 0.737. The molecular weight excluding hydrogens is 332 g/mol. The smallest absolute Gasteiger partial charge is 0.317 e. The number of piperidine rings is 1. The first kappa shape index (κ1) is 20.2. The quantitative estimate of drug-likeness (QED) is 0.769. The number of aryl methyl sites for hydroxylation is 1. The molecule has 1 saturated heterocycles. The van der Waals surface area contributed by atoms with Crippen molar-refractivity contribution in [2.75, 3.05) is 47.3 Å². The lowest BCUT2D eigenvalue weighted by Gasteiger charge is -2.32. The van der Waals surface area contributed by atoms with Crippen molar-refractivity contribution in [2.45, 2.75) is 45.2 Å². The van der Waals surface area contributed by atoms with Gasteiger partial charge in [-0.05, 0) is 70.9 Å². The lowest BCUT2D eigenvalue weighted by molar-refractivity contribution is 0.169. The van der Waals surface area contributed by atoms with Gasteiger partial charge in [-0.15, -0.1) is 11.3 Å². The van der Waals surface area contributed by atoms with E-state index in [-0.39, 0.29) is 6.03 Å². The van der Waals surface area contributed by atoms with Gasteiger partial charge in [0.05, 0.1) is 6.54 Å². The molecular formula is C19H34N4OS. The van der Waals surface area contributed by atoms with Gasteiger partial charge in [-0.25, -0.2) is 4.79 Å². The second-order valence-corrected chi connectivity index (χ2v) is 8.40. The van der Waals surface area contributed by atoms with Crippen LogP contribution in [0.25, 0.3) is 0 Å². The number of likely N-dealkylation sites (tertiary alicyclic amines) is 1. The molecule has 0 radical (unpaired) electrons. The van der Waals surface area contributed by atoms with Crippen molar-refractivity contribution in [2.24, 2.45) is 0 Å². The lowest BCUT2D eigenvalue weighted by atomic mass is 10.0. The highest BCUT2D eigenvalue weighted by Crippen LogP contribution is 2.19. The van der Waals surface area contributed by atoms with Crippen LogP contribution in [0.4, 0.5) is 4.79 Å². The normalized spacial score (nSPS) is 18.5. The molecule has 0 aliphatic carbocycles. The molecule has 1 aliphatic heterocycles. The summed E-state index contributed by atoms with van der Waals surface area (Å²) < 4.78 is 0. The number of nitrogens with zero attached hydrogens (tertiary/aromatic N) is 3. The fourth-order valence-electron chi connectivity index (χ4n) is 3.28. The fourth-order valence-corrected chi connectivity index (χ4v) is 4.20. The highest BCUT2D eigenvalue weighted by Gasteiger charge is 2.20. The zero-order chi connectivity index (χ0) is 18.2. The molecule has 0 spiro atoms. The Hall–Kier alpha value is -1.11. The molecule has 1 atom stereocenters. The molecule has 142 valence electrons. The lowest BCUT2D eigenvalue weighted by Crippen LogP contribution is -2.44. The van der Waals surface area contributed by atoms with Gasteiger partial charge in [0.25, 0.3) is 0 Å². The molecule has 2 heterocycles. The van der Waals surface area contributed by atoms with E-state index in [2.05, 4.69) is 40.5 Å². The third kappa shape index (κ3) is 6.60. The summed E-state index contributed by atoms with van der Waals surface area (Å²) in [5.41, 5.74) is 1.27. The van der Waals surface area contributed by atoms with Crippen LogP contribution in [0, 0.1) is 6.92 Å². The van der Waals surface area contributed by atoms with Gasteiger partial charge in [0.15, 0.2) is 0 Å². The summed E-state index contributed by atoms with van der Waals surface area (Å²) in [7, 11) is 6.30. The Morgan fingerprint density at radius 2 is 2.16 bits per heavy atom. The van der Waals surface area contributed by atoms with Crippen LogP contribution < -0.4 is 5.32 Å². The van der Waals surface area contributed by atoms with E-state index in [9.17, 15) is 4.79 Å². The second kappa shape index (κ2) is 10.1. The van der Waals surface area contributed by atoms with Gasteiger partial charge >= 0.3 is 6.03 Å². The zero-order valence-electron chi connectivity index (χ0n) is 16.3. The van der Waals surface area contributed by atoms with Crippen molar-refractivity contribution in [1.82, 2.24) is 20.0 Å². The summed E-state index contributed by atoms with van der Waals surface area (Å²) in [5.74, 6) is 0. The average molecular weight is 367 g/mol. The Morgan fingerprint density at radius 1 is 1.36 bits per heavy atom. The van der Waals surface area contributed by atoms with E-state index in [4.69, 9.17) is 0 Å². The first-order valence-corrected chi connectivity index (χ1v) is 10.3. The first-order valence-electron chi connectivity index (χ1n) is 9.38. The van der Waals surface area contributed by atoms with E-state index in [0.29, 0.717) is 12.6 Å². The molecule has 1 aromatic heterocycles. The molecule has 1 aliphatic rings. The molecule has 25 heavy (non-hydrogen) atoms. The van der Waals surface area contributed by atoms with Gasteiger partial charge < -0.3 is 20.0 Å². The minimum absolute atomic E-state index is 0.0631.